The minimum atomic E-state index is -0.708. The zero-order valence-electron chi connectivity index (χ0n) is 10.7. The van der Waals surface area contributed by atoms with Crippen LogP contribution in [-0.4, -0.2) is 12.2 Å². The molecule has 1 N–H and O–H groups in total. The standard InChI is InChI=1S/C14H15ClFNOS/c1-9(18)12-7-10(16)3-5-13(12)17(2)8-11-4-6-14(15)19-11/h3-7,9,18H,8H2,1-2H3. The monoisotopic (exact) mass is 299 g/mol. The van der Waals surface area contributed by atoms with Crippen LogP contribution in [0.3, 0.4) is 0 Å². The maximum atomic E-state index is 13.3. The second kappa shape index (κ2) is 5.90. The van der Waals surface area contributed by atoms with Gasteiger partial charge in [-0.2, -0.15) is 0 Å². The van der Waals surface area contributed by atoms with Crippen LogP contribution in [-0.2, 0) is 6.54 Å². The SMILES string of the molecule is CC(O)c1cc(F)ccc1N(C)Cc1ccc(Cl)s1. The Morgan fingerprint density at radius 2 is 2.11 bits per heavy atom. The van der Waals surface area contributed by atoms with E-state index < -0.39 is 6.10 Å². The van der Waals surface area contributed by atoms with Crippen molar-refractivity contribution in [3.63, 3.8) is 0 Å². The molecule has 1 aromatic heterocycles. The number of benzene rings is 1. The molecule has 102 valence electrons. The smallest absolute Gasteiger partial charge is 0.123 e. The first-order chi connectivity index (χ1) is 8.97. The zero-order valence-corrected chi connectivity index (χ0v) is 12.3. The van der Waals surface area contributed by atoms with Crippen molar-refractivity contribution in [3.8, 4) is 0 Å². The lowest BCUT2D eigenvalue weighted by atomic mass is 10.1. The van der Waals surface area contributed by atoms with E-state index in [1.54, 1.807) is 13.0 Å². The largest absolute Gasteiger partial charge is 0.389 e. The molecule has 0 spiro atoms. The van der Waals surface area contributed by atoms with E-state index in [0.717, 1.165) is 14.9 Å². The van der Waals surface area contributed by atoms with Gasteiger partial charge in [-0.05, 0) is 37.3 Å². The predicted octanol–water partition coefficient (Wildman–Crippen LogP) is 4.23. The number of hydrogen-bond acceptors (Lipinski definition) is 3. The average Bonchev–Trinajstić information content (AvgIpc) is 2.74. The summed E-state index contributed by atoms with van der Waals surface area (Å²) in [5.74, 6) is -0.341. The maximum Gasteiger partial charge on any atom is 0.123 e. The summed E-state index contributed by atoms with van der Waals surface area (Å²) in [4.78, 5) is 3.09. The van der Waals surface area contributed by atoms with Crippen molar-refractivity contribution in [1.29, 1.82) is 0 Å². The van der Waals surface area contributed by atoms with Crippen molar-refractivity contribution in [2.24, 2.45) is 0 Å². The second-order valence-electron chi connectivity index (χ2n) is 4.44. The van der Waals surface area contributed by atoms with Crippen LogP contribution in [0.2, 0.25) is 4.34 Å². The molecule has 2 nitrogen and oxygen atoms in total. The Hall–Kier alpha value is -1.10. The summed E-state index contributed by atoms with van der Waals surface area (Å²) in [5.41, 5.74) is 1.41. The lowest BCUT2D eigenvalue weighted by Gasteiger charge is -2.23. The van der Waals surface area contributed by atoms with Gasteiger partial charge in [0.1, 0.15) is 5.82 Å². The van der Waals surface area contributed by atoms with Gasteiger partial charge in [-0.3, -0.25) is 0 Å². The molecule has 0 amide bonds. The molecule has 0 radical (unpaired) electrons. The third-order valence-electron chi connectivity index (χ3n) is 2.87. The summed E-state index contributed by atoms with van der Waals surface area (Å²) in [6.07, 6.45) is -0.708. The lowest BCUT2D eigenvalue weighted by molar-refractivity contribution is 0.199. The Balaban J connectivity index is 2.25. The Morgan fingerprint density at radius 1 is 1.37 bits per heavy atom. The van der Waals surface area contributed by atoms with Gasteiger partial charge in [0, 0.05) is 23.2 Å². The van der Waals surface area contributed by atoms with Crippen molar-refractivity contribution in [2.75, 3.05) is 11.9 Å². The lowest BCUT2D eigenvalue weighted by Crippen LogP contribution is -2.18. The Morgan fingerprint density at radius 3 is 2.68 bits per heavy atom. The average molecular weight is 300 g/mol. The topological polar surface area (TPSA) is 23.5 Å². The molecule has 0 aliphatic rings. The van der Waals surface area contributed by atoms with Crippen molar-refractivity contribution in [3.05, 3.63) is 50.9 Å². The van der Waals surface area contributed by atoms with E-state index in [9.17, 15) is 9.50 Å². The normalized spacial score (nSPS) is 12.5. The first kappa shape index (κ1) is 14.3. The van der Waals surface area contributed by atoms with E-state index in [1.807, 2.05) is 24.1 Å². The fourth-order valence-corrected chi connectivity index (χ4v) is 3.10. The summed E-state index contributed by atoms with van der Waals surface area (Å²) in [7, 11) is 1.91. The second-order valence-corrected chi connectivity index (χ2v) is 6.24. The maximum absolute atomic E-state index is 13.3. The minimum Gasteiger partial charge on any atom is -0.389 e. The number of hydrogen-bond donors (Lipinski definition) is 1. The summed E-state index contributed by atoms with van der Waals surface area (Å²) in [6, 6.07) is 8.29. The van der Waals surface area contributed by atoms with Gasteiger partial charge in [0.25, 0.3) is 0 Å². The molecule has 19 heavy (non-hydrogen) atoms. The molecule has 0 saturated heterocycles. The number of halogens is 2. The highest BCUT2D eigenvalue weighted by Gasteiger charge is 2.13. The molecule has 2 aromatic rings. The first-order valence-corrected chi connectivity index (χ1v) is 7.09. The van der Waals surface area contributed by atoms with Gasteiger partial charge in [0.2, 0.25) is 0 Å². The van der Waals surface area contributed by atoms with Crippen LogP contribution in [0.4, 0.5) is 10.1 Å². The predicted molar refractivity (Wildman–Crippen MR) is 78.5 cm³/mol. The quantitative estimate of drug-likeness (QED) is 0.913. The van der Waals surface area contributed by atoms with Crippen LogP contribution in [0.5, 0.6) is 0 Å². The van der Waals surface area contributed by atoms with Gasteiger partial charge in [-0.1, -0.05) is 11.6 Å². The molecule has 1 heterocycles. The molecule has 1 unspecified atom stereocenters. The van der Waals surface area contributed by atoms with E-state index >= 15 is 0 Å². The zero-order chi connectivity index (χ0) is 14.0. The van der Waals surface area contributed by atoms with Gasteiger partial charge < -0.3 is 10.0 Å². The molecule has 0 bridgehead atoms. The van der Waals surface area contributed by atoms with Crippen molar-refractivity contribution in [1.82, 2.24) is 0 Å². The molecule has 5 heteroatoms. The summed E-state index contributed by atoms with van der Waals surface area (Å²) in [5, 5.41) is 9.74. The third-order valence-corrected chi connectivity index (χ3v) is 4.09. The van der Waals surface area contributed by atoms with E-state index in [0.29, 0.717) is 12.1 Å². The first-order valence-electron chi connectivity index (χ1n) is 5.90. The summed E-state index contributed by atoms with van der Waals surface area (Å²) >= 11 is 7.42. The fraction of sp³-hybridized carbons (Fsp3) is 0.286. The molecule has 0 aliphatic heterocycles. The fourth-order valence-electron chi connectivity index (χ4n) is 1.96. The highest BCUT2D eigenvalue weighted by atomic mass is 35.5. The molecule has 1 aromatic carbocycles. The molecule has 2 rings (SSSR count). The number of anilines is 1. The molecule has 0 saturated carbocycles. The Labute approximate surface area is 121 Å². The number of thiophene rings is 1. The number of aliphatic hydroxyl groups excluding tert-OH is 1. The van der Waals surface area contributed by atoms with Gasteiger partial charge in [-0.15, -0.1) is 11.3 Å². The van der Waals surface area contributed by atoms with E-state index in [4.69, 9.17) is 11.6 Å². The third kappa shape index (κ3) is 3.47. The molecule has 0 aliphatic carbocycles. The minimum absolute atomic E-state index is 0.341. The highest BCUT2D eigenvalue weighted by Crippen LogP contribution is 2.29. The Bertz CT molecular complexity index is 570. The van der Waals surface area contributed by atoms with E-state index in [2.05, 4.69) is 0 Å². The number of aliphatic hydroxyl groups is 1. The highest BCUT2D eigenvalue weighted by molar-refractivity contribution is 7.16. The van der Waals surface area contributed by atoms with E-state index in [-0.39, 0.29) is 5.82 Å². The Kier molecular flexibility index (Phi) is 4.45. The van der Waals surface area contributed by atoms with Crippen LogP contribution >= 0.6 is 22.9 Å². The molecular weight excluding hydrogens is 285 g/mol. The molecule has 0 fully saturated rings. The summed E-state index contributed by atoms with van der Waals surface area (Å²) < 4.78 is 14.0. The molecular formula is C14H15ClFNOS. The number of nitrogens with zero attached hydrogens (tertiary/aromatic N) is 1. The van der Waals surface area contributed by atoms with Crippen LogP contribution in [0.1, 0.15) is 23.5 Å². The van der Waals surface area contributed by atoms with Gasteiger partial charge in [0.15, 0.2) is 0 Å². The van der Waals surface area contributed by atoms with E-state index in [1.165, 1.54) is 23.5 Å². The van der Waals surface area contributed by atoms with Crippen molar-refractivity contribution < 1.29 is 9.50 Å². The van der Waals surface area contributed by atoms with Crippen LogP contribution in [0.15, 0.2) is 30.3 Å². The van der Waals surface area contributed by atoms with Gasteiger partial charge >= 0.3 is 0 Å². The van der Waals surface area contributed by atoms with Gasteiger partial charge in [-0.25, -0.2) is 4.39 Å². The number of rotatable bonds is 4. The van der Waals surface area contributed by atoms with Crippen molar-refractivity contribution in [2.45, 2.75) is 19.6 Å². The van der Waals surface area contributed by atoms with Crippen LogP contribution in [0, 0.1) is 5.82 Å². The van der Waals surface area contributed by atoms with Crippen molar-refractivity contribution >= 4 is 28.6 Å². The van der Waals surface area contributed by atoms with Crippen LogP contribution in [0.25, 0.3) is 0 Å². The van der Waals surface area contributed by atoms with Crippen LogP contribution < -0.4 is 4.90 Å². The molecule has 1 atom stereocenters. The van der Waals surface area contributed by atoms with Gasteiger partial charge in [0.05, 0.1) is 17.0 Å². The summed E-state index contributed by atoms with van der Waals surface area (Å²) in [6.45, 7) is 2.30.